The number of hydrogen-bond donors (Lipinski definition) is 2. The molecule has 3 heterocycles. The number of nitrogens with one attached hydrogen (secondary N) is 2. The van der Waals surface area contributed by atoms with Gasteiger partial charge >= 0.3 is 0 Å². The Morgan fingerprint density at radius 1 is 1.24 bits per heavy atom. The van der Waals surface area contributed by atoms with Crippen LogP contribution in [0.5, 0.6) is 5.88 Å². The van der Waals surface area contributed by atoms with E-state index in [1.807, 2.05) is 18.7 Å². The third kappa shape index (κ3) is 4.96. The lowest BCUT2D eigenvalue weighted by Gasteiger charge is -2.38. The van der Waals surface area contributed by atoms with E-state index < -0.39 is 0 Å². The van der Waals surface area contributed by atoms with Crippen LogP contribution in [0.3, 0.4) is 0 Å². The van der Waals surface area contributed by atoms with E-state index in [0.717, 1.165) is 37.1 Å². The van der Waals surface area contributed by atoms with Gasteiger partial charge in [0.25, 0.3) is 11.8 Å². The first kappa shape index (κ1) is 21.7. The SMILES string of the molecule is CCNc1c(OC)nnc(C(=O)N2CCC(NC3CCOCC3OC)CC2)c1C. The van der Waals surface area contributed by atoms with Gasteiger partial charge in [-0.3, -0.25) is 4.79 Å². The summed E-state index contributed by atoms with van der Waals surface area (Å²) in [6.07, 6.45) is 2.85. The van der Waals surface area contributed by atoms with Crippen molar-refractivity contribution in [2.45, 2.75) is 51.3 Å². The number of ether oxygens (including phenoxy) is 3. The molecular formula is C20H33N5O4. The van der Waals surface area contributed by atoms with E-state index in [4.69, 9.17) is 14.2 Å². The van der Waals surface area contributed by atoms with Crippen LogP contribution in [0.25, 0.3) is 0 Å². The standard InChI is InChI=1S/C20H33N5O4/c1-5-21-17-13(2)18(23-24-19(17)28-4)20(26)25-9-6-14(7-10-25)22-15-8-11-29-12-16(15)27-3/h14-16,22H,5-12H2,1-4H3,(H,21,23). The maximum absolute atomic E-state index is 13.1. The van der Waals surface area contributed by atoms with E-state index >= 15 is 0 Å². The second kappa shape index (κ2) is 10.2. The van der Waals surface area contributed by atoms with E-state index in [9.17, 15) is 4.79 Å². The molecular weight excluding hydrogens is 374 g/mol. The first-order chi connectivity index (χ1) is 14.1. The van der Waals surface area contributed by atoms with Gasteiger partial charge in [0.1, 0.15) is 5.69 Å². The van der Waals surface area contributed by atoms with Crippen molar-refractivity contribution in [2.75, 3.05) is 52.4 Å². The number of aromatic nitrogens is 2. The fourth-order valence-electron chi connectivity index (χ4n) is 4.07. The van der Waals surface area contributed by atoms with E-state index in [1.165, 1.54) is 0 Å². The predicted molar refractivity (Wildman–Crippen MR) is 110 cm³/mol. The predicted octanol–water partition coefficient (Wildman–Crippen LogP) is 1.22. The van der Waals surface area contributed by atoms with Crippen LogP contribution in [0.15, 0.2) is 0 Å². The van der Waals surface area contributed by atoms with Crippen molar-refractivity contribution in [2.24, 2.45) is 0 Å². The Morgan fingerprint density at radius 3 is 2.66 bits per heavy atom. The van der Waals surface area contributed by atoms with E-state index in [1.54, 1.807) is 14.2 Å². The lowest BCUT2D eigenvalue weighted by atomic mass is 9.99. The molecule has 2 saturated heterocycles. The lowest BCUT2D eigenvalue weighted by molar-refractivity contribution is -0.0533. The highest BCUT2D eigenvalue weighted by Crippen LogP contribution is 2.27. The number of hydrogen-bond acceptors (Lipinski definition) is 8. The van der Waals surface area contributed by atoms with Gasteiger partial charge in [0.15, 0.2) is 5.69 Å². The molecule has 3 rings (SSSR count). The molecule has 1 amide bonds. The molecule has 0 saturated carbocycles. The molecule has 0 aliphatic carbocycles. The van der Waals surface area contributed by atoms with Gasteiger partial charge in [-0.2, -0.15) is 0 Å². The summed E-state index contributed by atoms with van der Waals surface area (Å²) in [5.74, 6) is 0.337. The summed E-state index contributed by atoms with van der Waals surface area (Å²) in [4.78, 5) is 14.9. The van der Waals surface area contributed by atoms with Gasteiger partial charge in [-0.25, -0.2) is 0 Å². The molecule has 162 valence electrons. The van der Waals surface area contributed by atoms with Crippen LogP contribution in [0.1, 0.15) is 42.2 Å². The Kier molecular flexibility index (Phi) is 7.63. The number of carbonyl (C=O) groups is 1. The van der Waals surface area contributed by atoms with E-state index in [2.05, 4.69) is 20.8 Å². The van der Waals surface area contributed by atoms with Gasteiger partial charge < -0.3 is 29.7 Å². The van der Waals surface area contributed by atoms with Crippen LogP contribution < -0.4 is 15.4 Å². The Hall–Kier alpha value is -1.97. The number of carbonyl (C=O) groups excluding carboxylic acids is 1. The molecule has 9 nitrogen and oxygen atoms in total. The highest BCUT2D eigenvalue weighted by molar-refractivity contribution is 5.95. The maximum Gasteiger partial charge on any atom is 0.274 e. The van der Waals surface area contributed by atoms with Crippen LogP contribution in [-0.4, -0.2) is 86.3 Å². The molecule has 2 aliphatic heterocycles. The molecule has 2 unspecified atom stereocenters. The molecule has 0 bridgehead atoms. The van der Waals surface area contributed by atoms with Crippen molar-refractivity contribution in [1.29, 1.82) is 0 Å². The Labute approximate surface area is 172 Å². The van der Waals surface area contributed by atoms with E-state index in [-0.39, 0.29) is 12.0 Å². The van der Waals surface area contributed by atoms with Crippen molar-refractivity contribution in [3.63, 3.8) is 0 Å². The minimum absolute atomic E-state index is 0.0731. The highest BCUT2D eigenvalue weighted by atomic mass is 16.5. The highest BCUT2D eigenvalue weighted by Gasteiger charge is 2.31. The van der Waals surface area contributed by atoms with Crippen LogP contribution in [0.4, 0.5) is 5.69 Å². The monoisotopic (exact) mass is 407 g/mol. The second-order valence-corrected chi connectivity index (χ2v) is 7.57. The van der Waals surface area contributed by atoms with Crippen molar-refractivity contribution in [3.8, 4) is 5.88 Å². The summed E-state index contributed by atoms with van der Waals surface area (Å²) < 4.78 is 16.3. The molecule has 2 aliphatic rings. The third-order valence-corrected chi connectivity index (χ3v) is 5.77. The zero-order valence-corrected chi connectivity index (χ0v) is 17.9. The van der Waals surface area contributed by atoms with E-state index in [0.29, 0.717) is 49.9 Å². The average molecular weight is 408 g/mol. The number of methoxy groups -OCH3 is 2. The van der Waals surface area contributed by atoms with Gasteiger partial charge in [0, 0.05) is 51.0 Å². The zero-order valence-electron chi connectivity index (χ0n) is 17.9. The molecule has 2 fully saturated rings. The molecule has 2 atom stereocenters. The molecule has 0 aromatic carbocycles. The molecule has 2 N–H and O–H groups in total. The van der Waals surface area contributed by atoms with Gasteiger partial charge in [-0.05, 0) is 33.1 Å². The summed E-state index contributed by atoms with van der Waals surface area (Å²) in [7, 11) is 3.28. The van der Waals surface area contributed by atoms with Gasteiger partial charge in [0.05, 0.1) is 19.8 Å². The van der Waals surface area contributed by atoms with Crippen LogP contribution in [0.2, 0.25) is 0 Å². The number of nitrogens with zero attached hydrogens (tertiary/aromatic N) is 3. The molecule has 0 radical (unpaired) electrons. The van der Waals surface area contributed by atoms with Crippen molar-refractivity contribution >= 4 is 11.6 Å². The Morgan fingerprint density at radius 2 is 2.00 bits per heavy atom. The molecule has 29 heavy (non-hydrogen) atoms. The Balaban J connectivity index is 1.61. The third-order valence-electron chi connectivity index (χ3n) is 5.77. The summed E-state index contributed by atoms with van der Waals surface area (Å²) in [6, 6.07) is 0.679. The number of likely N-dealkylation sites (tertiary alicyclic amines) is 1. The maximum atomic E-state index is 13.1. The molecule has 0 spiro atoms. The van der Waals surface area contributed by atoms with Gasteiger partial charge in [-0.15, -0.1) is 10.2 Å². The van der Waals surface area contributed by atoms with Crippen molar-refractivity contribution in [3.05, 3.63) is 11.3 Å². The summed E-state index contributed by atoms with van der Waals surface area (Å²) in [5.41, 5.74) is 1.89. The van der Waals surface area contributed by atoms with Crippen molar-refractivity contribution in [1.82, 2.24) is 20.4 Å². The molecule has 9 heteroatoms. The first-order valence-electron chi connectivity index (χ1n) is 10.4. The molecule has 1 aromatic rings. The number of amides is 1. The first-order valence-corrected chi connectivity index (χ1v) is 10.4. The smallest absolute Gasteiger partial charge is 0.274 e. The fraction of sp³-hybridized carbons (Fsp3) is 0.750. The Bertz CT molecular complexity index is 694. The summed E-state index contributed by atoms with van der Waals surface area (Å²) in [5, 5.41) is 15.2. The minimum atomic E-state index is -0.0731. The van der Waals surface area contributed by atoms with Crippen molar-refractivity contribution < 1.29 is 19.0 Å². The number of anilines is 1. The largest absolute Gasteiger partial charge is 0.478 e. The average Bonchev–Trinajstić information content (AvgIpc) is 2.75. The van der Waals surface area contributed by atoms with Crippen LogP contribution in [-0.2, 0) is 9.47 Å². The minimum Gasteiger partial charge on any atom is -0.478 e. The van der Waals surface area contributed by atoms with Crippen LogP contribution in [0, 0.1) is 6.92 Å². The number of piperidine rings is 1. The topological polar surface area (TPSA) is 97.8 Å². The normalized spacial score (nSPS) is 23.1. The van der Waals surface area contributed by atoms with Crippen LogP contribution >= 0.6 is 0 Å². The van der Waals surface area contributed by atoms with Gasteiger partial charge in [0.2, 0.25) is 0 Å². The number of rotatable bonds is 7. The fourth-order valence-corrected chi connectivity index (χ4v) is 4.07. The lowest BCUT2D eigenvalue weighted by Crippen LogP contribution is -2.54. The second-order valence-electron chi connectivity index (χ2n) is 7.57. The summed E-state index contributed by atoms with van der Waals surface area (Å²) >= 11 is 0. The molecule has 1 aromatic heterocycles. The summed E-state index contributed by atoms with van der Waals surface area (Å²) in [6.45, 7) is 7.37. The quantitative estimate of drug-likeness (QED) is 0.696. The zero-order chi connectivity index (χ0) is 20.8. The van der Waals surface area contributed by atoms with Gasteiger partial charge in [-0.1, -0.05) is 0 Å².